The van der Waals surface area contributed by atoms with E-state index in [1.165, 1.54) is 12.3 Å². The number of carboxylic acid groups (broad SMARTS) is 1. The molecule has 0 unspecified atom stereocenters. The maximum Gasteiger partial charge on any atom is 0.337 e. The van der Waals surface area contributed by atoms with Crippen LogP contribution in [0.15, 0.2) is 24.5 Å². The molecule has 0 fully saturated rings. The molecule has 2 heterocycles. The van der Waals surface area contributed by atoms with Crippen molar-refractivity contribution in [2.45, 2.75) is 6.92 Å². The van der Waals surface area contributed by atoms with E-state index in [4.69, 9.17) is 5.11 Å². The van der Waals surface area contributed by atoms with E-state index in [1.807, 2.05) is 6.92 Å². The molecule has 0 atom stereocenters. The Balaban J connectivity index is 2.35. The molecule has 0 aliphatic rings. The Bertz CT molecular complexity index is 488. The number of rotatable bonds is 2. The van der Waals surface area contributed by atoms with Crippen molar-refractivity contribution in [2.24, 2.45) is 0 Å². The average Bonchev–Trinajstić information content (AvgIpc) is 2.65. The molecule has 5 heteroatoms. The van der Waals surface area contributed by atoms with E-state index < -0.39 is 5.97 Å². The van der Waals surface area contributed by atoms with Crippen LogP contribution in [-0.4, -0.2) is 26.0 Å². The van der Waals surface area contributed by atoms with Crippen LogP contribution in [0.5, 0.6) is 0 Å². The topological polar surface area (TPSA) is 78.9 Å². The van der Waals surface area contributed by atoms with E-state index in [1.54, 1.807) is 12.3 Å². The molecule has 0 saturated carbocycles. The van der Waals surface area contributed by atoms with Crippen LogP contribution in [-0.2, 0) is 0 Å². The molecular formula is C10H9N3O2. The van der Waals surface area contributed by atoms with E-state index in [9.17, 15) is 4.79 Å². The molecule has 0 amide bonds. The van der Waals surface area contributed by atoms with Gasteiger partial charge in [0, 0.05) is 6.20 Å². The first-order valence-corrected chi connectivity index (χ1v) is 4.38. The van der Waals surface area contributed by atoms with Crippen LogP contribution in [0.25, 0.3) is 11.4 Å². The number of imidazole rings is 1. The second-order valence-electron chi connectivity index (χ2n) is 3.12. The quantitative estimate of drug-likeness (QED) is 0.774. The maximum atomic E-state index is 10.6. The van der Waals surface area contributed by atoms with Gasteiger partial charge in [0.05, 0.1) is 23.1 Å². The van der Waals surface area contributed by atoms with Gasteiger partial charge in [0.15, 0.2) is 0 Å². The Hall–Kier alpha value is -2.17. The van der Waals surface area contributed by atoms with Gasteiger partial charge in [-0.05, 0) is 19.1 Å². The first kappa shape index (κ1) is 9.39. The Morgan fingerprint density at radius 3 is 2.60 bits per heavy atom. The first-order valence-electron chi connectivity index (χ1n) is 4.38. The van der Waals surface area contributed by atoms with Crippen molar-refractivity contribution >= 4 is 5.97 Å². The third-order valence-corrected chi connectivity index (χ3v) is 1.99. The zero-order valence-corrected chi connectivity index (χ0v) is 8.06. The lowest BCUT2D eigenvalue weighted by Gasteiger charge is -1.97. The summed E-state index contributed by atoms with van der Waals surface area (Å²) in [5.41, 5.74) is 1.64. The van der Waals surface area contributed by atoms with Crippen LogP contribution >= 0.6 is 0 Å². The number of hydrogen-bond donors (Lipinski definition) is 2. The van der Waals surface area contributed by atoms with Crippen molar-refractivity contribution in [2.75, 3.05) is 0 Å². The summed E-state index contributed by atoms with van der Waals surface area (Å²) >= 11 is 0. The van der Waals surface area contributed by atoms with Gasteiger partial charge in [-0.1, -0.05) is 0 Å². The summed E-state index contributed by atoms with van der Waals surface area (Å²) in [5.74, 6) is -0.177. The Morgan fingerprint density at radius 2 is 2.13 bits per heavy atom. The third kappa shape index (κ3) is 1.85. The lowest BCUT2D eigenvalue weighted by Crippen LogP contribution is -1.97. The first-order chi connectivity index (χ1) is 7.16. The van der Waals surface area contributed by atoms with Gasteiger partial charge in [-0.2, -0.15) is 0 Å². The van der Waals surface area contributed by atoms with Crippen LogP contribution in [0.3, 0.4) is 0 Å². The van der Waals surface area contributed by atoms with Gasteiger partial charge in [-0.15, -0.1) is 0 Å². The summed E-state index contributed by atoms with van der Waals surface area (Å²) < 4.78 is 0. The number of aromatic carboxylic acids is 1. The number of pyridine rings is 1. The fourth-order valence-corrected chi connectivity index (χ4v) is 1.23. The fourth-order valence-electron chi connectivity index (χ4n) is 1.23. The van der Waals surface area contributed by atoms with Crippen molar-refractivity contribution in [3.05, 3.63) is 35.9 Å². The van der Waals surface area contributed by atoms with Gasteiger partial charge in [0.25, 0.3) is 0 Å². The van der Waals surface area contributed by atoms with Crippen molar-refractivity contribution in [3.63, 3.8) is 0 Å². The molecule has 0 aliphatic heterocycles. The molecule has 76 valence electrons. The van der Waals surface area contributed by atoms with Crippen molar-refractivity contribution in [3.8, 4) is 11.4 Å². The monoisotopic (exact) mass is 203 g/mol. The van der Waals surface area contributed by atoms with Crippen LogP contribution in [0.4, 0.5) is 0 Å². The summed E-state index contributed by atoms with van der Waals surface area (Å²) in [5, 5.41) is 8.69. The van der Waals surface area contributed by atoms with Gasteiger partial charge in [0.2, 0.25) is 0 Å². The van der Waals surface area contributed by atoms with Gasteiger partial charge in [0.1, 0.15) is 5.82 Å². The maximum absolute atomic E-state index is 10.6. The lowest BCUT2D eigenvalue weighted by atomic mass is 10.2. The molecule has 2 N–H and O–H groups in total. The zero-order chi connectivity index (χ0) is 10.8. The number of H-pyrrole nitrogens is 1. The molecule has 2 aromatic rings. The van der Waals surface area contributed by atoms with Crippen LogP contribution in [0.1, 0.15) is 16.2 Å². The van der Waals surface area contributed by atoms with Crippen LogP contribution < -0.4 is 0 Å². The molecule has 0 bridgehead atoms. The Kier molecular flexibility index (Phi) is 2.21. The summed E-state index contributed by atoms with van der Waals surface area (Å²) in [6.07, 6.45) is 2.99. The predicted molar refractivity (Wildman–Crippen MR) is 53.5 cm³/mol. The van der Waals surface area contributed by atoms with E-state index in [0.717, 1.165) is 11.5 Å². The summed E-state index contributed by atoms with van der Waals surface area (Å²) in [4.78, 5) is 21.7. The molecule has 0 spiro atoms. The highest BCUT2D eigenvalue weighted by atomic mass is 16.4. The number of carboxylic acids is 1. The number of hydrogen-bond acceptors (Lipinski definition) is 3. The molecule has 0 aliphatic carbocycles. The molecule has 15 heavy (non-hydrogen) atoms. The lowest BCUT2D eigenvalue weighted by molar-refractivity contribution is 0.0696. The number of aryl methyl sites for hydroxylation is 1. The van der Waals surface area contributed by atoms with Gasteiger partial charge >= 0.3 is 5.97 Å². The summed E-state index contributed by atoms with van der Waals surface area (Å²) in [6.45, 7) is 1.84. The van der Waals surface area contributed by atoms with Crippen molar-refractivity contribution in [1.29, 1.82) is 0 Å². The van der Waals surface area contributed by atoms with Gasteiger partial charge in [-0.25, -0.2) is 9.78 Å². The number of nitrogens with one attached hydrogen (secondary N) is 1. The zero-order valence-electron chi connectivity index (χ0n) is 8.06. The van der Waals surface area contributed by atoms with Crippen LogP contribution in [0, 0.1) is 6.92 Å². The Labute approximate surface area is 85.8 Å². The highest BCUT2D eigenvalue weighted by Gasteiger charge is 2.05. The molecule has 0 aromatic carbocycles. The highest BCUT2D eigenvalue weighted by Crippen LogP contribution is 2.14. The third-order valence-electron chi connectivity index (χ3n) is 1.99. The number of aromatic amines is 1. The second-order valence-corrected chi connectivity index (χ2v) is 3.12. The van der Waals surface area contributed by atoms with Crippen molar-refractivity contribution < 1.29 is 9.90 Å². The standard InChI is InChI=1S/C10H9N3O2/c1-6-11-5-9(13-6)8-3-2-7(4-12-8)10(14)15/h2-5H,1H3,(H,11,13)(H,14,15). The fraction of sp³-hybridized carbons (Fsp3) is 0.100. The molecule has 2 aromatic heterocycles. The smallest absolute Gasteiger partial charge is 0.337 e. The summed E-state index contributed by atoms with van der Waals surface area (Å²) in [7, 11) is 0. The average molecular weight is 203 g/mol. The Morgan fingerprint density at radius 1 is 1.33 bits per heavy atom. The normalized spacial score (nSPS) is 10.2. The minimum Gasteiger partial charge on any atom is -0.478 e. The minimum absolute atomic E-state index is 0.176. The van der Waals surface area contributed by atoms with Crippen molar-refractivity contribution in [1.82, 2.24) is 15.0 Å². The number of aromatic nitrogens is 3. The molecule has 0 saturated heterocycles. The molecule has 0 radical (unpaired) electrons. The molecule has 5 nitrogen and oxygen atoms in total. The molecular weight excluding hydrogens is 194 g/mol. The number of nitrogens with zero attached hydrogens (tertiary/aromatic N) is 2. The highest BCUT2D eigenvalue weighted by molar-refractivity contribution is 5.87. The largest absolute Gasteiger partial charge is 0.478 e. The van der Waals surface area contributed by atoms with Crippen LogP contribution in [0.2, 0.25) is 0 Å². The number of carbonyl (C=O) groups is 1. The van der Waals surface area contributed by atoms with Gasteiger partial charge < -0.3 is 10.1 Å². The van der Waals surface area contributed by atoms with E-state index in [0.29, 0.717) is 5.69 Å². The second kappa shape index (κ2) is 3.53. The minimum atomic E-state index is -0.977. The molecule has 2 rings (SSSR count). The summed E-state index contributed by atoms with van der Waals surface area (Å²) in [6, 6.07) is 3.16. The SMILES string of the molecule is Cc1ncc(-c2ccc(C(=O)O)cn2)[nH]1. The van der Waals surface area contributed by atoms with E-state index in [2.05, 4.69) is 15.0 Å². The van der Waals surface area contributed by atoms with E-state index >= 15 is 0 Å². The van der Waals surface area contributed by atoms with E-state index in [-0.39, 0.29) is 5.56 Å². The van der Waals surface area contributed by atoms with Gasteiger partial charge in [-0.3, -0.25) is 4.98 Å². The predicted octanol–water partition coefficient (Wildman–Crippen LogP) is 1.48.